The van der Waals surface area contributed by atoms with Crippen LogP contribution in [0.2, 0.25) is 0 Å². The molecule has 0 spiro atoms. The summed E-state index contributed by atoms with van der Waals surface area (Å²) < 4.78 is 18.3. The largest absolute Gasteiger partial charge is 0.493 e. The van der Waals surface area contributed by atoms with Crippen molar-refractivity contribution in [2.45, 2.75) is 0 Å². The van der Waals surface area contributed by atoms with E-state index >= 15 is 0 Å². The highest BCUT2D eigenvalue weighted by molar-refractivity contribution is 9.10. The monoisotopic (exact) mass is 487 g/mol. The summed E-state index contributed by atoms with van der Waals surface area (Å²) in [6, 6.07) is 19.3. The summed E-state index contributed by atoms with van der Waals surface area (Å²) in [6.07, 6.45) is 3.44. The maximum absolute atomic E-state index is 6.45. The van der Waals surface area contributed by atoms with Crippen LogP contribution in [0.15, 0.2) is 77.5 Å². The number of pyridine rings is 3. The van der Waals surface area contributed by atoms with Gasteiger partial charge in [-0.05, 0) is 42.5 Å². The summed E-state index contributed by atoms with van der Waals surface area (Å²) in [5.74, 6) is 2.47. The summed E-state index contributed by atoms with van der Waals surface area (Å²) in [4.78, 5) is 13.7. The number of fused-ring (bicyclic) bond motifs is 2. The van der Waals surface area contributed by atoms with Crippen LogP contribution in [-0.4, -0.2) is 29.2 Å². The van der Waals surface area contributed by atoms with Gasteiger partial charge in [-0.1, -0.05) is 28.1 Å². The number of nitrogens with zero attached hydrogens (tertiary/aromatic N) is 3. The fraction of sp³-hybridized carbons (Fsp3) is 0.0800. The number of hydrogen-bond donors (Lipinski definition) is 0. The molecule has 0 radical (unpaired) electrons. The zero-order valence-corrected chi connectivity index (χ0v) is 19.0. The molecule has 0 amide bonds. The highest BCUT2D eigenvalue weighted by Crippen LogP contribution is 2.39. The van der Waals surface area contributed by atoms with Gasteiger partial charge in [0.25, 0.3) is 0 Å². The van der Waals surface area contributed by atoms with Gasteiger partial charge in [0, 0.05) is 39.3 Å². The lowest BCUT2D eigenvalue weighted by molar-refractivity contribution is 0.355. The summed E-state index contributed by atoms with van der Waals surface area (Å²) in [7, 11) is 3.20. The molecule has 0 aliphatic heterocycles. The van der Waals surface area contributed by atoms with Crippen molar-refractivity contribution in [1.82, 2.24) is 15.0 Å². The number of aromatic nitrogens is 3. The molecule has 0 saturated heterocycles. The minimum Gasteiger partial charge on any atom is -0.493 e. The molecule has 0 atom stereocenters. The van der Waals surface area contributed by atoms with Crippen molar-refractivity contribution in [3.8, 4) is 34.3 Å². The van der Waals surface area contributed by atoms with E-state index in [-0.39, 0.29) is 0 Å². The minimum atomic E-state index is 0.604. The quantitative estimate of drug-likeness (QED) is 0.285. The fourth-order valence-corrected chi connectivity index (χ4v) is 3.80. The first kappa shape index (κ1) is 20.2. The second kappa shape index (κ2) is 8.43. The van der Waals surface area contributed by atoms with Crippen molar-refractivity contribution in [2.24, 2.45) is 0 Å². The predicted molar refractivity (Wildman–Crippen MR) is 128 cm³/mol. The standard InChI is InChI=1S/C25H18BrN3O3/c1-30-21-13-18-19(14-22(21)31-2)27-11-9-20(18)32-23-12-16-4-3-10-28-25(16)29-24(23)15-5-7-17(26)8-6-15/h3-14H,1-2H3. The van der Waals surface area contributed by atoms with Crippen LogP contribution in [0.25, 0.3) is 33.2 Å². The first-order valence-corrected chi connectivity index (χ1v) is 10.7. The number of ether oxygens (including phenoxy) is 3. The molecule has 0 aliphatic carbocycles. The van der Waals surface area contributed by atoms with Crippen LogP contribution >= 0.6 is 15.9 Å². The van der Waals surface area contributed by atoms with E-state index in [0.29, 0.717) is 34.3 Å². The molecule has 0 fully saturated rings. The van der Waals surface area contributed by atoms with Crippen molar-refractivity contribution in [2.75, 3.05) is 14.2 Å². The van der Waals surface area contributed by atoms with Gasteiger partial charge in [0.2, 0.25) is 0 Å². The lowest BCUT2D eigenvalue weighted by atomic mass is 10.1. The normalized spacial score (nSPS) is 11.0. The molecular weight excluding hydrogens is 470 g/mol. The molecule has 0 bridgehead atoms. The Bertz CT molecular complexity index is 1440. The number of hydrogen-bond acceptors (Lipinski definition) is 6. The zero-order chi connectivity index (χ0) is 22.1. The SMILES string of the molecule is COc1cc2nccc(Oc3cc4cccnc4nc3-c3ccc(Br)cc3)c2cc1OC. The molecule has 5 aromatic rings. The Morgan fingerprint density at radius 1 is 0.750 bits per heavy atom. The number of halogens is 1. The number of rotatable bonds is 5. The van der Waals surface area contributed by atoms with Crippen LogP contribution in [0, 0.1) is 0 Å². The van der Waals surface area contributed by atoms with E-state index in [4.69, 9.17) is 19.2 Å². The van der Waals surface area contributed by atoms with Crippen LogP contribution in [0.5, 0.6) is 23.0 Å². The summed E-state index contributed by atoms with van der Waals surface area (Å²) in [6.45, 7) is 0. The second-order valence-electron chi connectivity index (χ2n) is 7.03. The molecule has 158 valence electrons. The second-order valence-corrected chi connectivity index (χ2v) is 7.94. The van der Waals surface area contributed by atoms with Crippen LogP contribution in [-0.2, 0) is 0 Å². The molecular formula is C25H18BrN3O3. The Morgan fingerprint density at radius 2 is 1.53 bits per heavy atom. The van der Waals surface area contributed by atoms with E-state index in [1.165, 1.54) is 0 Å². The zero-order valence-electron chi connectivity index (χ0n) is 17.4. The van der Waals surface area contributed by atoms with Gasteiger partial charge in [-0.2, -0.15) is 0 Å². The average Bonchev–Trinajstić information content (AvgIpc) is 2.83. The Morgan fingerprint density at radius 3 is 2.31 bits per heavy atom. The van der Waals surface area contributed by atoms with E-state index in [0.717, 1.165) is 26.3 Å². The van der Waals surface area contributed by atoms with Gasteiger partial charge in [-0.15, -0.1) is 0 Å². The summed E-state index contributed by atoms with van der Waals surface area (Å²) >= 11 is 3.49. The highest BCUT2D eigenvalue weighted by atomic mass is 79.9. The number of methoxy groups -OCH3 is 2. The van der Waals surface area contributed by atoms with E-state index in [2.05, 4.69) is 25.9 Å². The van der Waals surface area contributed by atoms with Crippen molar-refractivity contribution in [1.29, 1.82) is 0 Å². The molecule has 0 aliphatic rings. The van der Waals surface area contributed by atoms with Gasteiger partial charge < -0.3 is 14.2 Å². The molecule has 6 nitrogen and oxygen atoms in total. The van der Waals surface area contributed by atoms with Gasteiger partial charge in [0.15, 0.2) is 22.9 Å². The van der Waals surface area contributed by atoms with E-state index in [1.54, 1.807) is 26.6 Å². The van der Waals surface area contributed by atoms with Gasteiger partial charge in [0.1, 0.15) is 11.4 Å². The lowest BCUT2D eigenvalue weighted by Crippen LogP contribution is -1.96. The van der Waals surface area contributed by atoms with Crippen molar-refractivity contribution in [3.05, 3.63) is 77.5 Å². The maximum atomic E-state index is 6.45. The molecule has 0 unspecified atom stereocenters. The highest BCUT2D eigenvalue weighted by Gasteiger charge is 2.16. The maximum Gasteiger partial charge on any atom is 0.162 e. The van der Waals surface area contributed by atoms with Gasteiger partial charge in [0.05, 0.1) is 19.7 Å². The minimum absolute atomic E-state index is 0.604. The van der Waals surface area contributed by atoms with E-state index in [9.17, 15) is 0 Å². The van der Waals surface area contributed by atoms with E-state index in [1.807, 2.05) is 60.7 Å². The average molecular weight is 488 g/mol. The fourth-order valence-electron chi connectivity index (χ4n) is 3.53. The number of benzene rings is 2. The topological polar surface area (TPSA) is 66.4 Å². The van der Waals surface area contributed by atoms with Crippen molar-refractivity contribution >= 4 is 37.9 Å². The first-order valence-electron chi connectivity index (χ1n) is 9.86. The molecule has 3 aromatic heterocycles. The third-order valence-electron chi connectivity index (χ3n) is 5.10. The van der Waals surface area contributed by atoms with Crippen LogP contribution < -0.4 is 14.2 Å². The lowest BCUT2D eigenvalue weighted by Gasteiger charge is -2.15. The van der Waals surface area contributed by atoms with E-state index < -0.39 is 0 Å². The Kier molecular flexibility index (Phi) is 5.33. The van der Waals surface area contributed by atoms with Gasteiger partial charge >= 0.3 is 0 Å². The predicted octanol–water partition coefficient (Wildman–Crippen LogP) is 6.42. The van der Waals surface area contributed by atoms with Crippen LogP contribution in [0.4, 0.5) is 0 Å². The van der Waals surface area contributed by atoms with Gasteiger partial charge in [-0.25, -0.2) is 9.97 Å². The summed E-state index contributed by atoms with van der Waals surface area (Å²) in [5.41, 5.74) is 3.02. The molecule has 0 saturated carbocycles. The molecule has 5 rings (SSSR count). The third-order valence-corrected chi connectivity index (χ3v) is 5.63. The van der Waals surface area contributed by atoms with Crippen molar-refractivity contribution in [3.63, 3.8) is 0 Å². The van der Waals surface area contributed by atoms with Gasteiger partial charge in [-0.3, -0.25) is 4.98 Å². The van der Waals surface area contributed by atoms with Crippen LogP contribution in [0.3, 0.4) is 0 Å². The molecule has 3 heterocycles. The molecule has 32 heavy (non-hydrogen) atoms. The Hall–Kier alpha value is -3.71. The summed E-state index contributed by atoms with van der Waals surface area (Å²) in [5, 5.41) is 1.69. The Labute approximate surface area is 193 Å². The molecule has 0 N–H and O–H groups in total. The Balaban J connectivity index is 1.69. The smallest absolute Gasteiger partial charge is 0.162 e. The van der Waals surface area contributed by atoms with Crippen molar-refractivity contribution < 1.29 is 14.2 Å². The third kappa shape index (κ3) is 3.71. The molecule has 2 aromatic carbocycles. The first-order chi connectivity index (χ1) is 15.7. The molecule has 7 heteroatoms. The van der Waals surface area contributed by atoms with Crippen LogP contribution in [0.1, 0.15) is 0 Å².